The van der Waals surface area contributed by atoms with Crippen LogP contribution in [0.25, 0.3) is 5.69 Å². The first-order valence-electron chi connectivity index (χ1n) is 5.08. The maximum absolute atomic E-state index is 12.0. The van der Waals surface area contributed by atoms with E-state index < -0.39 is 11.5 Å². The number of aromatic nitrogens is 2. The normalized spacial score (nSPS) is 10.3. The summed E-state index contributed by atoms with van der Waals surface area (Å²) in [7, 11) is 0. The van der Waals surface area contributed by atoms with Crippen molar-refractivity contribution in [2.24, 2.45) is 0 Å². The summed E-state index contributed by atoms with van der Waals surface area (Å²) in [6, 6.07) is 6.46. The maximum atomic E-state index is 12.0. The van der Waals surface area contributed by atoms with Crippen LogP contribution in [-0.2, 0) is 0 Å². The van der Waals surface area contributed by atoms with Gasteiger partial charge >= 0.3 is 5.97 Å². The van der Waals surface area contributed by atoms with Crippen LogP contribution in [0.1, 0.15) is 16.1 Å². The average Bonchev–Trinajstić information content (AvgIpc) is 2.30. The Hall–Kier alpha value is -2.14. The third-order valence-corrected chi connectivity index (χ3v) is 2.73. The second-order valence-corrected chi connectivity index (χ2v) is 4.10. The highest BCUT2D eigenvalue weighted by atomic mass is 35.5. The molecule has 0 aliphatic heterocycles. The fourth-order valence-corrected chi connectivity index (χ4v) is 1.69. The van der Waals surface area contributed by atoms with E-state index in [9.17, 15) is 9.59 Å². The number of hydrogen-bond donors (Lipinski definition) is 1. The number of aryl methyl sites for hydroxylation is 1. The Morgan fingerprint density at radius 1 is 1.33 bits per heavy atom. The molecule has 6 heteroatoms. The second-order valence-electron chi connectivity index (χ2n) is 3.66. The number of carbonyl (C=O) groups is 1. The van der Waals surface area contributed by atoms with Gasteiger partial charge in [-0.1, -0.05) is 11.6 Å². The van der Waals surface area contributed by atoms with Crippen LogP contribution in [0.4, 0.5) is 0 Å². The quantitative estimate of drug-likeness (QED) is 0.899. The Bertz CT molecular complexity index is 662. The number of hydrogen-bond acceptors (Lipinski definition) is 3. The molecule has 1 N–H and O–H groups in total. The molecular formula is C12H9ClN2O3. The van der Waals surface area contributed by atoms with Crippen LogP contribution in [0.2, 0.25) is 5.02 Å². The van der Waals surface area contributed by atoms with Crippen molar-refractivity contribution in [1.82, 2.24) is 9.55 Å². The molecule has 1 heterocycles. The molecule has 5 nitrogen and oxygen atoms in total. The van der Waals surface area contributed by atoms with E-state index >= 15 is 0 Å². The molecule has 1 aromatic heterocycles. The molecule has 0 saturated carbocycles. The number of carboxylic acid groups (broad SMARTS) is 1. The molecule has 0 bridgehead atoms. The van der Waals surface area contributed by atoms with Gasteiger partial charge in [0, 0.05) is 5.02 Å². The summed E-state index contributed by atoms with van der Waals surface area (Å²) in [5, 5.41) is 9.52. The van der Waals surface area contributed by atoms with E-state index in [4.69, 9.17) is 16.7 Å². The van der Waals surface area contributed by atoms with Crippen molar-refractivity contribution in [2.45, 2.75) is 6.92 Å². The van der Waals surface area contributed by atoms with Crippen molar-refractivity contribution in [1.29, 1.82) is 0 Å². The molecular weight excluding hydrogens is 256 g/mol. The van der Waals surface area contributed by atoms with Gasteiger partial charge in [-0.25, -0.2) is 9.78 Å². The number of nitrogens with zero attached hydrogens (tertiary/aromatic N) is 2. The lowest BCUT2D eigenvalue weighted by Crippen LogP contribution is -2.27. The molecule has 0 saturated heterocycles. The van der Waals surface area contributed by atoms with Crippen LogP contribution in [0, 0.1) is 6.92 Å². The highest BCUT2D eigenvalue weighted by molar-refractivity contribution is 6.30. The molecule has 0 aliphatic carbocycles. The van der Waals surface area contributed by atoms with E-state index in [-0.39, 0.29) is 11.3 Å². The monoisotopic (exact) mass is 264 g/mol. The first kappa shape index (κ1) is 12.3. The molecule has 0 amide bonds. The van der Waals surface area contributed by atoms with Gasteiger partial charge in [0.25, 0.3) is 5.56 Å². The standard InChI is InChI=1S/C12H9ClN2O3/c1-7-10(12(17)18)11(16)15(6-14-7)9-4-2-8(13)3-5-9/h2-6H,1H3,(H,17,18). The van der Waals surface area contributed by atoms with Gasteiger partial charge < -0.3 is 5.11 Å². The lowest BCUT2D eigenvalue weighted by molar-refractivity contribution is 0.0693. The van der Waals surface area contributed by atoms with Gasteiger partial charge in [-0.05, 0) is 31.2 Å². The lowest BCUT2D eigenvalue weighted by Gasteiger charge is -2.07. The van der Waals surface area contributed by atoms with Gasteiger partial charge in [0.2, 0.25) is 0 Å². The van der Waals surface area contributed by atoms with Crippen LogP contribution in [0.5, 0.6) is 0 Å². The van der Waals surface area contributed by atoms with Gasteiger partial charge in [0.05, 0.1) is 11.4 Å². The van der Waals surface area contributed by atoms with Crippen molar-refractivity contribution in [3.05, 3.63) is 57.2 Å². The molecule has 2 rings (SSSR count). The smallest absolute Gasteiger partial charge is 0.343 e. The van der Waals surface area contributed by atoms with Gasteiger partial charge in [0.1, 0.15) is 11.9 Å². The average molecular weight is 265 g/mol. The van der Waals surface area contributed by atoms with Gasteiger partial charge in [-0.15, -0.1) is 0 Å². The number of rotatable bonds is 2. The predicted octanol–water partition coefficient (Wildman–Crippen LogP) is 1.89. The third-order valence-electron chi connectivity index (χ3n) is 2.48. The van der Waals surface area contributed by atoms with Crippen molar-refractivity contribution in [2.75, 3.05) is 0 Å². The number of aromatic carboxylic acids is 1. The van der Waals surface area contributed by atoms with Crippen LogP contribution < -0.4 is 5.56 Å². The summed E-state index contributed by atoms with van der Waals surface area (Å²) in [4.78, 5) is 26.9. The summed E-state index contributed by atoms with van der Waals surface area (Å²) < 4.78 is 1.17. The first-order chi connectivity index (χ1) is 8.50. The van der Waals surface area contributed by atoms with Crippen LogP contribution >= 0.6 is 11.6 Å². The summed E-state index contributed by atoms with van der Waals surface area (Å²) in [6.07, 6.45) is 1.30. The zero-order valence-electron chi connectivity index (χ0n) is 9.42. The van der Waals surface area contributed by atoms with E-state index in [0.717, 1.165) is 0 Å². The predicted molar refractivity (Wildman–Crippen MR) is 66.5 cm³/mol. The van der Waals surface area contributed by atoms with Crippen molar-refractivity contribution >= 4 is 17.6 Å². The largest absolute Gasteiger partial charge is 0.477 e. The van der Waals surface area contributed by atoms with E-state index in [1.807, 2.05) is 0 Å². The highest BCUT2D eigenvalue weighted by Gasteiger charge is 2.16. The zero-order chi connectivity index (χ0) is 13.3. The SMILES string of the molecule is Cc1ncn(-c2ccc(Cl)cc2)c(=O)c1C(=O)O. The first-order valence-corrected chi connectivity index (χ1v) is 5.46. The Balaban J connectivity index is 2.67. The summed E-state index contributed by atoms with van der Waals surface area (Å²) in [6.45, 7) is 1.48. The van der Waals surface area contributed by atoms with E-state index in [1.165, 1.54) is 17.8 Å². The molecule has 0 atom stereocenters. The number of benzene rings is 1. The summed E-state index contributed by atoms with van der Waals surface area (Å²) in [5.74, 6) is -1.28. The topological polar surface area (TPSA) is 72.2 Å². The Kier molecular flexibility index (Phi) is 3.16. The molecule has 92 valence electrons. The minimum atomic E-state index is -1.28. The van der Waals surface area contributed by atoms with Crippen molar-refractivity contribution in [3.63, 3.8) is 0 Å². The van der Waals surface area contributed by atoms with Gasteiger partial charge in [-0.3, -0.25) is 9.36 Å². The zero-order valence-corrected chi connectivity index (χ0v) is 10.2. The van der Waals surface area contributed by atoms with E-state index in [2.05, 4.69) is 4.98 Å². The van der Waals surface area contributed by atoms with E-state index in [0.29, 0.717) is 10.7 Å². The minimum absolute atomic E-state index is 0.192. The summed E-state index contributed by atoms with van der Waals surface area (Å²) >= 11 is 5.75. The summed E-state index contributed by atoms with van der Waals surface area (Å²) in [5.41, 5.74) is -0.234. The van der Waals surface area contributed by atoms with Crippen LogP contribution in [0.15, 0.2) is 35.4 Å². The fourth-order valence-electron chi connectivity index (χ4n) is 1.57. The Morgan fingerprint density at radius 2 is 1.94 bits per heavy atom. The molecule has 18 heavy (non-hydrogen) atoms. The van der Waals surface area contributed by atoms with Crippen molar-refractivity contribution < 1.29 is 9.90 Å². The highest BCUT2D eigenvalue weighted by Crippen LogP contribution is 2.12. The molecule has 0 fully saturated rings. The third kappa shape index (κ3) is 2.12. The number of halogens is 1. The molecule has 0 aliphatic rings. The number of carboxylic acids is 1. The van der Waals surface area contributed by atoms with Crippen molar-refractivity contribution in [3.8, 4) is 5.69 Å². The lowest BCUT2D eigenvalue weighted by atomic mass is 10.2. The van der Waals surface area contributed by atoms with Gasteiger partial charge in [0.15, 0.2) is 0 Å². The molecule has 1 aromatic carbocycles. The molecule has 0 radical (unpaired) electrons. The Labute approximate surface area is 107 Å². The van der Waals surface area contributed by atoms with Gasteiger partial charge in [-0.2, -0.15) is 0 Å². The van der Waals surface area contributed by atoms with Crippen LogP contribution in [-0.4, -0.2) is 20.6 Å². The molecule has 0 unspecified atom stereocenters. The molecule has 2 aromatic rings. The van der Waals surface area contributed by atoms with E-state index in [1.54, 1.807) is 24.3 Å². The minimum Gasteiger partial charge on any atom is -0.477 e. The Morgan fingerprint density at radius 3 is 2.50 bits per heavy atom. The second kappa shape index (κ2) is 4.62. The fraction of sp³-hybridized carbons (Fsp3) is 0.0833. The van der Waals surface area contributed by atoms with Crippen LogP contribution in [0.3, 0.4) is 0 Å². The maximum Gasteiger partial charge on any atom is 0.343 e. The molecule has 0 spiro atoms.